The van der Waals surface area contributed by atoms with E-state index in [9.17, 15) is 0 Å². The van der Waals surface area contributed by atoms with Gasteiger partial charge in [0.1, 0.15) is 0 Å². The summed E-state index contributed by atoms with van der Waals surface area (Å²) in [6, 6.07) is 0. The molecular weight excluding hydrogens is 224 g/mol. The first-order valence-electron chi connectivity index (χ1n) is 5.01. The second-order valence-corrected chi connectivity index (χ2v) is 17.8. The molecule has 0 fully saturated rings. The van der Waals surface area contributed by atoms with E-state index in [-0.39, 0.29) is 0 Å². The van der Waals surface area contributed by atoms with Crippen molar-refractivity contribution in [2.45, 2.75) is 45.8 Å². The Bertz CT molecular complexity index is 207. The summed E-state index contributed by atoms with van der Waals surface area (Å²) in [6.07, 6.45) is 0. The van der Waals surface area contributed by atoms with Crippen molar-refractivity contribution in [2.75, 3.05) is 0 Å². The average Bonchev–Trinajstić information content (AvgIpc) is 1.78. The third-order valence-corrected chi connectivity index (χ3v) is 11.0. The largest absolute Gasteiger partial charge is 0.437 e. The quantitative estimate of drug-likeness (QED) is 0.694. The molecule has 0 aromatic rings. The van der Waals surface area contributed by atoms with Crippen LogP contribution < -0.4 is 0 Å². The third-order valence-electron chi connectivity index (χ3n) is 1.55. The van der Waals surface area contributed by atoms with Crippen LogP contribution in [0, 0.1) is 0 Å². The molecule has 0 aliphatic rings. The van der Waals surface area contributed by atoms with Crippen molar-refractivity contribution in [3.8, 4) is 0 Å². The van der Waals surface area contributed by atoms with Gasteiger partial charge >= 0.3 is 8.56 Å². The topological polar surface area (TPSA) is 18.5 Å². The third kappa shape index (κ3) is 6.72. The molecule has 0 aromatic heterocycles. The first-order chi connectivity index (χ1) is 5.97. The highest BCUT2D eigenvalue weighted by molar-refractivity contribution is 6.89. The lowest BCUT2D eigenvalue weighted by molar-refractivity contribution is 0.398. The summed E-state index contributed by atoms with van der Waals surface area (Å²) in [5.41, 5.74) is 1.97. The van der Waals surface area contributed by atoms with Crippen LogP contribution in [0.2, 0.25) is 45.8 Å². The van der Waals surface area contributed by atoms with Gasteiger partial charge < -0.3 is 8.23 Å². The standard InChI is InChI=1S/C9H24O2Si3/c1-9-13(5,6)11-14(7,8)10-12(2,3)4/h9H,1H2,2-8H3. The second kappa shape index (κ2) is 4.44. The van der Waals surface area contributed by atoms with Crippen molar-refractivity contribution in [1.29, 1.82) is 0 Å². The molecule has 0 heterocycles. The van der Waals surface area contributed by atoms with Gasteiger partial charge in [0.15, 0.2) is 16.6 Å². The molecule has 5 heteroatoms. The highest BCUT2D eigenvalue weighted by Gasteiger charge is 2.36. The van der Waals surface area contributed by atoms with E-state index in [0.717, 1.165) is 0 Å². The lowest BCUT2D eigenvalue weighted by atomic mass is 11.3. The fraction of sp³-hybridized carbons (Fsp3) is 0.778. The zero-order valence-corrected chi connectivity index (χ0v) is 13.6. The van der Waals surface area contributed by atoms with Crippen LogP contribution in [-0.2, 0) is 8.23 Å². The van der Waals surface area contributed by atoms with Crippen LogP contribution in [0.5, 0.6) is 0 Å². The normalized spacial score (nSPS) is 14.2. The van der Waals surface area contributed by atoms with Crippen molar-refractivity contribution >= 4 is 25.2 Å². The Morgan fingerprint density at radius 1 is 0.857 bits per heavy atom. The summed E-state index contributed by atoms with van der Waals surface area (Å²) in [6.45, 7) is 19.0. The average molecular weight is 249 g/mol. The maximum Gasteiger partial charge on any atom is 0.311 e. The maximum absolute atomic E-state index is 6.12. The molecule has 0 aromatic carbocycles. The number of hydrogen-bond acceptors (Lipinski definition) is 2. The van der Waals surface area contributed by atoms with E-state index < -0.39 is 25.2 Å². The molecule has 2 nitrogen and oxygen atoms in total. The van der Waals surface area contributed by atoms with Crippen LogP contribution in [0.1, 0.15) is 0 Å². The molecule has 14 heavy (non-hydrogen) atoms. The Morgan fingerprint density at radius 3 is 1.57 bits per heavy atom. The summed E-state index contributed by atoms with van der Waals surface area (Å²) in [5.74, 6) is 0. The molecule has 0 spiro atoms. The molecule has 0 radical (unpaired) electrons. The van der Waals surface area contributed by atoms with Gasteiger partial charge in [-0.1, -0.05) is 5.70 Å². The molecular formula is C9H24O2Si3. The van der Waals surface area contributed by atoms with Crippen molar-refractivity contribution in [1.82, 2.24) is 0 Å². The molecule has 0 bridgehead atoms. The van der Waals surface area contributed by atoms with Gasteiger partial charge in [0, 0.05) is 0 Å². The van der Waals surface area contributed by atoms with E-state index in [2.05, 4.69) is 52.4 Å². The predicted molar refractivity (Wildman–Crippen MR) is 70.7 cm³/mol. The Labute approximate surface area is 91.8 Å². The Balaban J connectivity index is 4.42. The zero-order valence-electron chi connectivity index (χ0n) is 10.6. The van der Waals surface area contributed by atoms with E-state index in [4.69, 9.17) is 8.23 Å². The minimum absolute atomic E-state index is 1.48. The van der Waals surface area contributed by atoms with Gasteiger partial charge in [0.25, 0.3) is 0 Å². The van der Waals surface area contributed by atoms with Crippen molar-refractivity contribution in [2.24, 2.45) is 0 Å². The maximum atomic E-state index is 6.12. The van der Waals surface area contributed by atoms with E-state index >= 15 is 0 Å². The molecule has 0 amide bonds. The predicted octanol–water partition coefficient (Wildman–Crippen LogP) is 3.49. The SMILES string of the molecule is C=C[Si](C)(C)O[Si](C)(C)O[Si](C)(C)C. The van der Waals surface area contributed by atoms with E-state index in [0.29, 0.717) is 0 Å². The van der Waals surface area contributed by atoms with E-state index in [1.165, 1.54) is 0 Å². The van der Waals surface area contributed by atoms with Crippen molar-refractivity contribution in [3.05, 3.63) is 12.3 Å². The molecule has 0 saturated heterocycles. The molecule has 0 aliphatic carbocycles. The van der Waals surface area contributed by atoms with Crippen LogP contribution >= 0.6 is 0 Å². The fourth-order valence-corrected chi connectivity index (χ4v) is 13.3. The molecule has 0 unspecified atom stereocenters. The Kier molecular flexibility index (Phi) is 4.54. The molecule has 0 aliphatic heterocycles. The van der Waals surface area contributed by atoms with Crippen LogP contribution in [0.3, 0.4) is 0 Å². The monoisotopic (exact) mass is 248 g/mol. The minimum atomic E-state index is -1.94. The Morgan fingerprint density at radius 2 is 1.29 bits per heavy atom. The summed E-state index contributed by atoms with van der Waals surface area (Å²) in [5, 5.41) is 0. The summed E-state index contributed by atoms with van der Waals surface area (Å²) < 4.78 is 12.2. The highest BCUT2D eigenvalue weighted by atomic mass is 28.5. The van der Waals surface area contributed by atoms with Gasteiger partial charge in [-0.25, -0.2) is 0 Å². The van der Waals surface area contributed by atoms with Crippen LogP contribution in [0.15, 0.2) is 12.3 Å². The first-order valence-corrected chi connectivity index (χ1v) is 14.2. The van der Waals surface area contributed by atoms with E-state index in [1.807, 2.05) is 5.70 Å². The van der Waals surface area contributed by atoms with Gasteiger partial charge in [-0.05, 0) is 45.8 Å². The molecule has 0 atom stereocenters. The van der Waals surface area contributed by atoms with E-state index in [1.54, 1.807) is 0 Å². The molecule has 0 saturated carbocycles. The van der Waals surface area contributed by atoms with Crippen LogP contribution in [-0.4, -0.2) is 25.2 Å². The van der Waals surface area contributed by atoms with Crippen LogP contribution in [0.25, 0.3) is 0 Å². The minimum Gasteiger partial charge on any atom is -0.437 e. The van der Waals surface area contributed by atoms with Crippen molar-refractivity contribution < 1.29 is 8.23 Å². The van der Waals surface area contributed by atoms with Crippen molar-refractivity contribution in [3.63, 3.8) is 0 Å². The van der Waals surface area contributed by atoms with Gasteiger partial charge in [-0.3, -0.25) is 0 Å². The van der Waals surface area contributed by atoms with Crippen LogP contribution in [0.4, 0.5) is 0 Å². The first kappa shape index (κ1) is 14.3. The van der Waals surface area contributed by atoms with Gasteiger partial charge in [0.05, 0.1) is 0 Å². The van der Waals surface area contributed by atoms with Gasteiger partial charge in [-0.2, -0.15) is 0 Å². The zero-order chi connectivity index (χ0) is 11.6. The highest BCUT2D eigenvalue weighted by Crippen LogP contribution is 2.20. The molecule has 0 N–H and O–H groups in total. The molecule has 84 valence electrons. The Hall–Kier alpha value is 0.311. The van der Waals surface area contributed by atoms with Gasteiger partial charge in [0.2, 0.25) is 0 Å². The number of hydrogen-bond donors (Lipinski definition) is 0. The number of rotatable bonds is 5. The lowest BCUT2D eigenvalue weighted by Gasteiger charge is -2.36. The van der Waals surface area contributed by atoms with Gasteiger partial charge in [-0.15, -0.1) is 6.58 Å². The summed E-state index contributed by atoms with van der Waals surface area (Å²) in [4.78, 5) is 0. The second-order valence-electron chi connectivity index (χ2n) is 5.52. The summed E-state index contributed by atoms with van der Waals surface area (Å²) >= 11 is 0. The fourth-order valence-electron chi connectivity index (χ4n) is 1.43. The lowest BCUT2D eigenvalue weighted by Crippen LogP contribution is -2.50. The summed E-state index contributed by atoms with van der Waals surface area (Å²) in [7, 11) is -5.11. The smallest absolute Gasteiger partial charge is 0.311 e. The molecule has 0 rings (SSSR count).